The molecule has 0 saturated carbocycles. The summed E-state index contributed by atoms with van der Waals surface area (Å²) in [5.74, 6) is -2.07. The smallest absolute Gasteiger partial charge is 0.409 e. The molecule has 2 unspecified atom stereocenters. The Morgan fingerprint density at radius 2 is 1.92 bits per heavy atom. The summed E-state index contributed by atoms with van der Waals surface area (Å²) >= 11 is 0. The van der Waals surface area contributed by atoms with Crippen LogP contribution in [0.2, 0.25) is 0 Å². The molecule has 2 amide bonds. The molecule has 4 rings (SSSR count). The van der Waals surface area contributed by atoms with Crippen molar-refractivity contribution in [2.24, 2.45) is 4.99 Å². The number of hydrogen-bond acceptors (Lipinski definition) is 8. The van der Waals surface area contributed by atoms with Crippen LogP contribution in [0.1, 0.15) is 41.6 Å². The Hall–Kier alpha value is -4.29. The number of rotatable bonds is 12. The van der Waals surface area contributed by atoms with Crippen molar-refractivity contribution in [2.45, 2.75) is 44.2 Å². The summed E-state index contributed by atoms with van der Waals surface area (Å²) in [5.41, 5.74) is -0.509. The number of aliphatic carboxylic acids is 1. The topological polar surface area (TPSA) is 170 Å². The Morgan fingerprint density at radius 3 is 2.68 bits per heavy atom. The maximum Gasteiger partial charge on any atom is 0.409 e. The number of benzene rings is 2. The van der Waals surface area contributed by atoms with Crippen LogP contribution in [0.4, 0.5) is 4.79 Å². The van der Waals surface area contributed by atoms with Crippen molar-refractivity contribution in [3.63, 3.8) is 0 Å². The van der Waals surface area contributed by atoms with Gasteiger partial charge in [0.2, 0.25) is 5.66 Å². The molecular weight excluding hydrogens is 490 g/mol. The first-order chi connectivity index (χ1) is 18.5. The Morgan fingerprint density at radius 1 is 1.08 bits per heavy atom. The summed E-state index contributed by atoms with van der Waals surface area (Å²) in [7, 11) is 0. The minimum Gasteiger partial charge on any atom is -0.478 e. The molecule has 3 aromatic rings. The third-order valence-corrected chi connectivity index (χ3v) is 6.13. The normalized spacial score (nSPS) is 16.5. The van der Waals surface area contributed by atoms with Crippen LogP contribution in [0.15, 0.2) is 59.7 Å². The van der Waals surface area contributed by atoms with E-state index in [1.54, 1.807) is 42.5 Å². The minimum absolute atomic E-state index is 0.0521. The lowest BCUT2D eigenvalue weighted by molar-refractivity contribution is -0.146. The second-order valence-corrected chi connectivity index (χ2v) is 8.88. The first-order valence-electron chi connectivity index (χ1n) is 12.4. The van der Waals surface area contributed by atoms with Crippen LogP contribution in [0.3, 0.4) is 0 Å². The number of hydrogen-bond donors (Lipinski definition) is 6. The van der Waals surface area contributed by atoms with E-state index in [4.69, 9.17) is 4.74 Å². The Bertz CT molecular complexity index is 1280. The second kappa shape index (κ2) is 12.8. The van der Waals surface area contributed by atoms with Gasteiger partial charge in [0.25, 0.3) is 5.91 Å². The van der Waals surface area contributed by atoms with Gasteiger partial charge in [-0.15, -0.1) is 0 Å². The van der Waals surface area contributed by atoms with Gasteiger partial charge in [0.15, 0.2) is 6.29 Å². The number of aromatic nitrogens is 2. The van der Waals surface area contributed by atoms with Crippen molar-refractivity contribution in [3.05, 3.63) is 65.9 Å². The predicted octanol–water partition coefficient (Wildman–Crippen LogP) is 2.11. The fraction of sp³-hybridized carbons (Fsp3) is 0.346. The molecule has 2 aromatic carbocycles. The zero-order chi connectivity index (χ0) is 26.8. The molecule has 6 N–H and O–H groups in total. The summed E-state index contributed by atoms with van der Waals surface area (Å²) in [4.78, 5) is 42.9. The highest BCUT2D eigenvalue weighted by Gasteiger charge is 2.42. The zero-order valence-corrected chi connectivity index (χ0v) is 20.8. The van der Waals surface area contributed by atoms with E-state index in [2.05, 4.69) is 36.5 Å². The SMILES string of the molecule is O=C(NC(CCCCNC1N=CCCN1)(NC(=O)c1cccc2[nH]ncc12)C(=O)O)OCc1ccccc1. The number of aromatic amines is 1. The number of nitrogens with one attached hydrogen (secondary N) is 5. The van der Waals surface area contributed by atoms with Crippen LogP contribution in [-0.2, 0) is 16.1 Å². The molecule has 1 aliphatic heterocycles. The van der Waals surface area contributed by atoms with Gasteiger partial charge in [-0.1, -0.05) is 36.4 Å². The summed E-state index contributed by atoms with van der Waals surface area (Å²) in [5, 5.41) is 28.9. The van der Waals surface area contributed by atoms with E-state index in [9.17, 15) is 19.5 Å². The highest BCUT2D eigenvalue weighted by molar-refractivity contribution is 6.07. The molecule has 0 fully saturated rings. The number of H-pyrrole nitrogens is 1. The van der Waals surface area contributed by atoms with E-state index in [0.717, 1.165) is 18.5 Å². The summed E-state index contributed by atoms with van der Waals surface area (Å²) in [6, 6.07) is 14.0. The molecule has 1 aliphatic rings. The van der Waals surface area contributed by atoms with Gasteiger partial charge in [-0.2, -0.15) is 5.10 Å². The van der Waals surface area contributed by atoms with E-state index in [0.29, 0.717) is 30.3 Å². The first kappa shape index (κ1) is 26.8. The lowest BCUT2D eigenvalue weighted by Gasteiger charge is -2.31. The number of carboxylic acid groups (broad SMARTS) is 1. The van der Waals surface area contributed by atoms with E-state index in [1.165, 1.54) is 6.20 Å². The lowest BCUT2D eigenvalue weighted by Crippen LogP contribution is -2.65. The molecule has 12 heteroatoms. The average Bonchev–Trinajstić information content (AvgIpc) is 3.42. The molecule has 0 spiro atoms. The van der Waals surface area contributed by atoms with Gasteiger partial charge >= 0.3 is 12.1 Å². The summed E-state index contributed by atoms with van der Waals surface area (Å²) in [6.07, 6.45) is 3.95. The van der Waals surface area contributed by atoms with Gasteiger partial charge in [-0.05, 0) is 43.5 Å². The molecule has 0 bridgehead atoms. The number of nitrogens with zero attached hydrogens (tertiary/aromatic N) is 2. The van der Waals surface area contributed by atoms with Crippen molar-refractivity contribution in [1.29, 1.82) is 0 Å². The third kappa shape index (κ3) is 6.93. The van der Waals surface area contributed by atoms with E-state index in [-0.39, 0.29) is 24.9 Å². The Balaban J connectivity index is 1.46. The standard InChI is InChI=1S/C26H31N7O5/c34-22(19-10-6-11-21-20(19)16-30-33-21)31-26(23(35)36,12-4-5-13-27-24-28-14-7-15-29-24)32-25(37)38-17-18-8-2-1-3-9-18/h1-3,6,8-11,14,16,24,27,29H,4-5,7,12-13,15,17H2,(H,30,33)(H,31,34)(H,32,37)(H,35,36). The molecule has 12 nitrogen and oxygen atoms in total. The van der Waals surface area contributed by atoms with E-state index < -0.39 is 23.6 Å². The molecule has 1 aromatic heterocycles. The molecule has 38 heavy (non-hydrogen) atoms. The predicted molar refractivity (Wildman–Crippen MR) is 140 cm³/mol. The highest BCUT2D eigenvalue weighted by Crippen LogP contribution is 2.19. The second-order valence-electron chi connectivity index (χ2n) is 8.88. The lowest BCUT2D eigenvalue weighted by atomic mass is 10.0. The van der Waals surface area contributed by atoms with E-state index >= 15 is 0 Å². The first-order valence-corrected chi connectivity index (χ1v) is 12.4. The quantitative estimate of drug-likeness (QED) is 0.155. The molecule has 2 heterocycles. The maximum absolute atomic E-state index is 13.3. The number of amides is 2. The number of carbonyl (C=O) groups excluding carboxylic acids is 2. The molecule has 2 atom stereocenters. The fourth-order valence-corrected chi connectivity index (χ4v) is 4.13. The fourth-order valence-electron chi connectivity index (χ4n) is 4.13. The minimum atomic E-state index is -2.10. The van der Waals surface area contributed by atoms with Gasteiger partial charge in [-0.25, -0.2) is 9.59 Å². The van der Waals surface area contributed by atoms with Gasteiger partial charge in [0.1, 0.15) is 6.61 Å². The van der Waals surface area contributed by atoms with Gasteiger partial charge in [0, 0.05) is 24.6 Å². The molecular formula is C26H31N7O5. The van der Waals surface area contributed by atoms with Crippen molar-refractivity contribution in [3.8, 4) is 0 Å². The Kier molecular flexibility index (Phi) is 9.01. The van der Waals surface area contributed by atoms with Crippen molar-refractivity contribution >= 4 is 35.1 Å². The van der Waals surface area contributed by atoms with Crippen molar-refractivity contribution < 1.29 is 24.2 Å². The molecule has 0 radical (unpaired) electrons. The van der Waals surface area contributed by atoms with Gasteiger partial charge < -0.3 is 15.2 Å². The molecule has 0 saturated heterocycles. The molecule has 0 aliphatic carbocycles. The number of alkyl carbamates (subject to hydrolysis) is 1. The number of unbranched alkanes of at least 4 members (excludes halogenated alkanes) is 1. The number of ether oxygens (including phenoxy) is 1. The largest absolute Gasteiger partial charge is 0.478 e. The van der Waals surface area contributed by atoms with Crippen LogP contribution in [0.5, 0.6) is 0 Å². The van der Waals surface area contributed by atoms with Gasteiger partial charge in [-0.3, -0.25) is 30.8 Å². The number of carboxylic acids is 1. The molecule has 200 valence electrons. The van der Waals surface area contributed by atoms with Crippen molar-refractivity contribution in [1.82, 2.24) is 31.5 Å². The number of fused-ring (bicyclic) bond motifs is 1. The number of carbonyl (C=O) groups is 3. The Labute approximate surface area is 219 Å². The zero-order valence-electron chi connectivity index (χ0n) is 20.8. The van der Waals surface area contributed by atoms with Crippen molar-refractivity contribution in [2.75, 3.05) is 13.1 Å². The third-order valence-electron chi connectivity index (χ3n) is 6.13. The van der Waals surface area contributed by atoms with Crippen LogP contribution >= 0.6 is 0 Å². The highest BCUT2D eigenvalue weighted by atomic mass is 16.5. The summed E-state index contributed by atoms with van der Waals surface area (Å²) < 4.78 is 5.27. The number of aliphatic imine (C=N–C) groups is 1. The average molecular weight is 522 g/mol. The van der Waals surface area contributed by atoms with Crippen LogP contribution < -0.4 is 21.3 Å². The van der Waals surface area contributed by atoms with Gasteiger partial charge in [0.05, 0.1) is 17.3 Å². The van der Waals surface area contributed by atoms with Crippen LogP contribution in [0, 0.1) is 0 Å². The van der Waals surface area contributed by atoms with E-state index in [1.807, 2.05) is 12.3 Å². The maximum atomic E-state index is 13.3. The monoisotopic (exact) mass is 521 g/mol. The van der Waals surface area contributed by atoms with Crippen LogP contribution in [0.25, 0.3) is 10.9 Å². The summed E-state index contributed by atoms with van der Waals surface area (Å²) in [6.45, 7) is 1.34. The van der Waals surface area contributed by atoms with Crippen LogP contribution in [-0.4, -0.2) is 64.5 Å².